The van der Waals surface area contributed by atoms with Crippen LogP contribution in [-0.4, -0.2) is 172 Å². The topological polar surface area (TPSA) is 326 Å². The zero-order valence-corrected chi connectivity index (χ0v) is 25.9. The Balaban J connectivity index is 1.48. The van der Waals surface area contributed by atoms with Crippen LogP contribution in [0.15, 0.2) is 35.6 Å². The van der Waals surface area contributed by atoms with Gasteiger partial charge < -0.3 is 80.4 Å². The van der Waals surface area contributed by atoms with Gasteiger partial charge in [-0.15, -0.1) is 0 Å². The molecule has 4 aliphatic heterocycles. The number of carboxylic acids is 3. The summed E-state index contributed by atoms with van der Waals surface area (Å²) in [7, 11) is 0. The first-order valence-electron chi connectivity index (χ1n) is 15.3. The number of phenolic OH excluding ortho intramolecular Hbond substituents is 1. The number of ether oxygens (including phenoxy) is 4. The Kier molecular flexibility index (Phi) is 11.1. The third-order valence-electron chi connectivity index (χ3n) is 8.76. The molecule has 0 radical (unpaired) electrons. The van der Waals surface area contributed by atoms with E-state index in [0.717, 1.165) is 0 Å². The fourth-order valence-corrected chi connectivity index (χ4v) is 6.05. The quantitative estimate of drug-likeness (QED) is 0.102. The van der Waals surface area contributed by atoms with E-state index in [1.165, 1.54) is 35.1 Å². The van der Waals surface area contributed by atoms with Crippen molar-refractivity contribution >= 4 is 29.8 Å². The number of hydrogen-bond acceptors (Lipinski definition) is 16. The molecule has 1 aromatic carbocycles. The van der Waals surface area contributed by atoms with Crippen molar-refractivity contribution in [2.45, 2.75) is 86.3 Å². The van der Waals surface area contributed by atoms with Gasteiger partial charge in [-0.2, -0.15) is 4.58 Å². The van der Waals surface area contributed by atoms with E-state index >= 15 is 0 Å². The minimum Gasteiger partial charge on any atom is -0.504 e. The smallest absolute Gasteiger partial charge is 0.373 e. The normalized spacial score (nSPS) is 37.1. The van der Waals surface area contributed by atoms with Crippen LogP contribution in [0, 0.1) is 0 Å². The number of benzene rings is 1. The number of carbonyl (C=O) groups is 3. The Morgan fingerprint density at radius 2 is 1.50 bits per heavy atom. The van der Waals surface area contributed by atoms with Gasteiger partial charge in [-0.25, -0.2) is 14.4 Å². The second-order valence-electron chi connectivity index (χ2n) is 12.0. The van der Waals surface area contributed by atoms with Gasteiger partial charge in [0.25, 0.3) is 6.04 Å². The van der Waals surface area contributed by atoms with Crippen molar-refractivity contribution in [2.24, 2.45) is 0 Å². The largest absolute Gasteiger partial charge is 0.504 e. The predicted octanol–water partition coefficient (Wildman–Crippen LogP) is -4.54. The third-order valence-corrected chi connectivity index (χ3v) is 8.76. The van der Waals surface area contributed by atoms with Crippen LogP contribution >= 0.6 is 0 Å². The van der Waals surface area contributed by atoms with Crippen LogP contribution in [0.1, 0.15) is 12.0 Å². The molecule has 0 aliphatic carbocycles. The minimum atomic E-state index is -1.93. The molecule has 50 heavy (non-hydrogen) atoms. The standard InChI is InChI=1S/C30H36N2O18/c33-8-18-20(36)22(38)24(40)29(48-18)50-25-23(39)21(37)19(9-34)49-30(25)47-17-7-14-11(6-16(17)35)5-15(28(45)46)32(14)2-1-10-3-12(26(41)42)31-13(4-10)27(43)44/h1-3,6-7,13,15,18-25,29-30,33-34,36-40H,4-5,8-9H2,(H4,35,41,42,43,44,45,46)/p+1/t13-,15+,18-,19-,20-,21-,22+,23+,24-,25-,29+,30-/m1/s1. The summed E-state index contributed by atoms with van der Waals surface area (Å²) in [6.07, 6.45) is -13.9. The van der Waals surface area contributed by atoms with Gasteiger partial charge in [0.15, 0.2) is 30.1 Å². The molecule has 0 saturated carbocycles. The number of aliphatic carboxylic acids is 3. The van der Waals surface area contributed by atoms with Gasteiger partial charge in [0.05, 0.1) is 25.7 Å². The van der Waals surface area contributed by atoms with E-state index in [9.17, 15) is 70.6 Å². The fourth-order valence-electron chi connectivity index (χ4n) is 6.05. The molecule has 0 amide bonds. The molecule has 0 aromatic heterocycles. The number of hydrogen-bond donors (Lipinski definition) is 12. The van der Waals surface area contributed by atoms with Crippen LogP contribution in [0.25, 0.3) is 0 Å². The van der Waals surface area contributed by atoms with E-state index in [-0.39, 0.29) is 35.5 Å². The first-order valence-corrected chi connectivity index (χ1v) is 15.3. The number of allylic oxidation sites excluding steroid dienone is 2. The number of carboxylic acid groups (broad SMARTS) is 3. The summed E-state index contributed by atoms with van der Waals surface area (Å²) in [4.78, 5) is 35.4. The zero-order valence-electron chi connectivity index (χ0n) is 25.9. The van der Waals surface area contributed by atoms with E-state index in [4.69, 9.17) is 18.9 Å². The Morgan fingerprint density at radius 1 is 0.860 bits per heavy atom. The van der Waals surface area contributed by atoms with E-state index in [2.05, 4.69) is 5.32 Å². The molecule has 2 fully saturated rings. The number of aliphatic hydroxyl groups excluding tert-OH is 7. The maximum absolute atomic E-state index is 12.2. The van der Waals surface area contributed by atoms with Gasteiger partial charge in [-0.3, -0.25) is 0 Å². The average molecular weight is 714 g/mol. The minimum absolute atomic E-state index is 0.117. The lowest BCUT2D eigenvalue weighted by Crippen LogP contribution is -2.65. The number of aromatic hydroxyl groups is 1. The molecule has 0 bridgehead atoms. The highest BCUT2D eigenvalue weighted by atomic mass is 16.8. The molecule has 4 aliphatic rings. The number of aliphatic hydroxyl groups is 7. The lowest BCUT2D eigenvalue weighted by atomic mass is 9.97. The van der Waals surface area contributed by atoms with E-state index in [1.807, 2.05) is 0 Å². The predicted molar refractivity (Wildman–Crippen MR) is 159 cm³/mol. The Morgan fingerprint density at radius 3 is 2.10 bits per heavy atom. The highest BCUT2D eigenvalue weighted by Crippen LogP contribution is 2.41. The second kappa shape index (κ2) is 14.9. The maximum Gasteiger partial charge on any atom is 0.373 e. The monoisotopic (exact) mass is 713 g/mol. The molecule has 20 heteroatoms. The molecule has 2 saturated heterocycles. The van der Waals surface area contributed by atoms with Crippen LogP contribution in [0.5, 0.6) is 11.5 Å². The summed E-state index contributed by atoms with van der Waals surface area (Å²) in [5.41, 5.74) is 0.360. The van der Waals surface area contributed by atoms with Crippen molar-refractivity contribution < 1.29 is 94.1 Å². The Hall–Kier alpha value is -4.22. The number of nitrogens with one attached hydrogen (secondary N) is 1. The molecular weight excluding hydrogens is 676 g/mol. The molecule has 1 aromatic rings. The Bertz CT molecular complexity index is 1580. The summed E-state index contributed by atoms with van der Waals surface area (Å²) >= 11 is 0. The van der Waals surface area contributed by atoms with Crippen LogP contribution in [-0.2, 0) is 35.0 Å². The summed E-state index contributed by atoms with van der Waals surface area (Å²) < 4.78 is 23.7. The van der Waals surface area contributed by atoms with Gasteiger partial charge in [-0.05, 0) is 17.7 Å². The zero-order chi connectivity index (χ0) is 36.6. The van der Waals surface area contributed by atoms with Gasteiger partial charge in [0.1, 0.15) is 54.5 Å². The molecule has 12 atom stereocenters. The van der Waals surface area contributed by atoms with Crippen molar-refractivity contribution in [1.29, 1.82) is 0 Å². The van der Waals surface area contributed by atoms with Crippen molar-refractivity contribution in [1.82, 2.24) is 5.32 Å². The number of rotatable bonds is 10. The van der Waals surface area contributed by atoms with E-state index < -0.39 is 110 Å². The maximum atomic E-state index is 12.2. The lowest BCUT2D eigenvalue weighted by Gasteiger charge is -2.45. The summed E-state index contributed by atoms with van der Waals surface area (Å²) in [6.45, 7) is -1.63. The first-order chi connectivity index (χ1) is 23.6. The third kappa shape index (κ3) is 7.30. The van der Waals surface area contributed by atoms with Crippen LogP contribution < -0.4 is 10.1 Å². The summed E-state index contributed by atoms with van der Waals surface area (Å²) in [5.74, 6) is -4.92. The van der Waals surface area contributed by atoms with Gasteiger partial charge >= 0.3 is 17.9 Å². The van der Waals surface area contributed by atoms with Crippen molar-refractivity contribution in [2.75, 3.05) is 13.2 Å². The number of nitrogens with zero attached hydrogens (tertiary/aromatic N) is 1. The van der Waals surface area contributed by atoms with E-state index in [0.29, 0.717) is 5.56 Å². The highest BCUT2D eigenvalue weighted by Gasteiger charge is 2.52. The lowest BCUT2D eigenvalue weighted by molar-refractivity contribution is -0.456. The SMILES string of the molecule is O=C(O)C1=C/C(=C/C=[N+]2c3cc(O[C@@H]4O[C@H](CO)[C@@H](O)[C@H](O)[C@H]4O[C@@H]4O[C@H](CO)[C@@H](O)[C@H](O)[C@H]4O)c(O)cc3C[C@H]2C(=O)O)C[C@H](C(=O)O)N1. The van der Waals surface area contributed by atoms with Crippen LogP contribution in [0.3, 0.4) is 0 Å². The summed E-state index contributed by atoms with van der Waals surface area (Å²) in [5, 5.41) is 114. The van der Waals surface area contributed by atoms with E-state index in [1.54, 1.807) is 0 Å². The molecule has 0 spiro atoms. The first kappa shape index (κ1) is 37.0. The second-order valence-corrected chi connectivity index (χ2v) is 12.0. The van der Waals surface area contributed by atoms with Crippen LogP contribution in [0.2, 0.25) is 0 Å². The summed E-state index contributed by atoms with van der Waals surface area (Å²) in [6, 6.07) is -0.0990. The molecule has 20 nitrogen and oxygen atoms in total. The number of phenols is 1. The van der Waals surface area contributed by atoms with Gasteiger partial charge in [-0.1, -0.05) is 0 Å². The highest BCUT2D eigenvalue weighted by molar-refractivity contribution is 5.89. The molecule has 0 unspecified atom stereocenters. The molecule has 5 rings (SSSR count). The van der Waals surface area contributed by atoms with Crippen molar-refractivity contribution in [3.63, 3.8) is 0 Å². The molecule has 274 valence electrons. The van der Waals surface area contributed by atoms with Crippen molar-refractivity contribution in [3.05, 3.63) is 41.1 Å². The average Bonchev–Trinajstić information content (AvgIpc) is 3.43. The van der Waals surface area contributed by atoms with Gasteiger partial charge in [0, 0.05) is 18.1 Å². The Labute approximate surface area is 281 Å². The van der Waals surface area contributed by atoms with Gasteiger partial charge in [0.2, 0.25) is 12.0 Å². The van der Waals surface area contributed by atoms with Crippen molar-refractivity contribution in [3.8, 4) is 11.5 Å². The molecule has 12 N–H and O–H groups in total. The number of fused-ring (bicyclic) bond motifs is 1. The molecule has 4 heterocycles. The van der Waals surface area contributed by atoms with Crippen LogP contribution in [0.4, 0.5) is 5.69 Å². The fraction of sp³-hybridized carbons (Fsp3) is 0.533. The molecular formula is C30H37N2O18+.